The van der Waals surface area contributed by atoms with E-state index in [1.165, 1.54) is 25.3 Å². The number of benzene rings is 1. The molecule has 1 aromatic rings. The van der Waals surface area contributed by atoms with Gasteiger partial charge in [-0.2, -0.15) is 0 Å². The number of nitro groups is 1. The lowest BCUT2D eigenvalue weighted by Gasteiger charge is -2.19. The summed E-state index contributed by atoms with van der Waals surface area (Å²) in [7, 11) is 1.44. The Balaban J connectivity index is 2.05. The second-order valence-corrected chi connectivity index (χ2v) is 5.34. The van der Waals surface area contributed by atoms with Crippen LogP contribution in [0.4, 0.5) is 5.69 Å². The van der Waals surface area contributed by atoms with E-state index >= 15 is 0 Å². The van der Waals surface area contributed by atoms with Crippen LogP contribution in [0.2, 0.25) is 0 Å². The zero-order chi connectivity index (χ0) is 16.1. The first-order valence-electron chi connectivity index (χ1n) is 7.30. The van der Waals surface area contributed by atoms with Gasteiger partial charge in [-0.05, 0) is 25.8 Å². The molecule has 0 aliphatic heterocycles. The van der Waals surface area contributed by atoms with Gasteiger partial charge >= 0.3 is 0 Å². The molecule has 0 unspecified atom stereocenters. The number of rotatable bonds is 6. The number of methoxy groups -OCH3 is 1. The smallest absolute Gasteiger partial charge is 0.273 e. The summed E-state index contributed by atoms with van der Waals surface area (Å²) in [5.41, 5.74) is -0.112. The van der Waals surface area contributed by atoms with Crippen molar-refractivity contribution in [1.82, 2.24) is 5.32 Å². The second-order valence-electron chi connectivity index (χ2n) is 5.34. The van der Waals surface area contributed by atoms with Crippen LogP contribution in [0.1, 0.15) is 32.6 Å². The van der Waals surface area contributed by atoms with Gasteiger partial charge in [0.05, 0.1) is 18.1 Å². The highest BCUT2D eigenvalue weighted by molar-refractivity contribution is 5.81. The maximum Gasteiger partial charge on any atom is 0.273 e. The summed E-state index contributed by atoms with van der Waals surface area (Å²) in [6.45, 7) is 1.61. The van der Waals surface area contributed by atoms with Gasteiger partial charge in [0.25, 0.3) is 11.6 Å². The van der Waals surface area contributed by atoms with Crippen LogP contribution in [-0.4, -0.2) is 30.1 Å². The fourth-order valence-electron chi connectivity index (χ4n) is 2.50. The van der Waals surface area contributed by atoms with Crippen LogP contribution < -0.4 is 14.8 Å². The van der Waals surface area contributed by atoms with E-state index in [1.54, 1.807) is 6.92 Å². The first-order valence-corrected chi connectivity index (χ1v) is 7.30. The minimum atomic E-state index is -0.753. The minimum Gasteiger partial charge on any atom is -0.493 e. The number of ether oxygens (including phenoxy) is 2. The molecule has 7 nitrogen and oxygen atoms in total. The maximum absolute atomic E-state index is 12.1. The molecule has 1 amide bonds. The number of carbonyl (C=O) groups excluding carboxylic acids is 1. The average Bonchev–Trinajstić information content (AvgIpc) is 2.99. The van der Waals surface area contributed by atoms with Gasteiger partial charge in [0.2, 0.25) is 0 Å². The van der Waals surface area contributed by atoms with Crippen molar-refractivity contribution in [2.24, 2.45) is 0 Å². The van der Waals surface area contributed by atoms with Gasteiger partial charge in [0.15, 0.2) is 17.6 Å². The largest absolute Gasteiger partial charge is 0.493 e. The zero-order valence-corrected chi connectivity index (χ0v) is 12.7. The fourth-order valence-corrected chi connectivity index (χ4v) is 2.50. The van der Waals surface area contributed by atoms with Gasteiger partial charge < -0.3 is 14.8 Å². The van der Waals surface area contributed by atoms with E-state index < -0.39 is 11.0 Å². The molecule has 1 fully saturated rings. The van der Waals surface area contributed by atoms with E-state index in [1.807, 2.05) is 0 Å². The van der Waals surface area contributed by atoms with Crippen molar-refractivity contribution >= 4 is 11.6 Å². The number of carbonyl (C=O) groups is 1. The Morgan fingerprint density at radius 3 is 2.64 bits per heavy atom. The highest BCUT2D eigenvalue weighted by Gasteiger charge is 2.23. The van der Waals surface area contributed by atoms with Gasteiger partial charge in [-0.3, -0.25) is 14.9 Å². The summed E-state index contributed by atoms with van der Waals surface area (Å²) >= 11 is 0. The first-order chi connectivity index (χ1) is 10.5. The molecule has 0 heterocycles. The number of nitro benzene ring substituents is 1. The van der Waals surface area contributed by atoms with Crippen LogP contribution in [0, 0.1) is 10.1 Å². The summed E-state index contributed by atoms with van der Waals surface area (Å²) in [5, 5.41) is 13.8. The molecule has 1 aliphatic rings. The molecule has 0 spiro atoms. The Kier molecular flexibility index (Phi) is 5.19. The quantitative estimate of drug-likeness (QED) is 0.644. The Labute approximate surface area is 128 Å². The molecule has 120 valence electrons. The highest BCUT2D eigenvalue weighted by atomic mass is 16.6. The molecule has 0 bridgehead atoms. The number of nitrogens with one attached hydrogen (secondary N) is 1. The van der Waals surface area contributed by atoms with Gasteiger partial charge in [-0.25, -0.2) is 0 Å². The SMILES string of the molecule is COc1ccc([N+](=O)[O-])cc1O[C@H](C)C(=O)NC1CCCC1. The molecule has 0 aromatic heterocycles. The molecular weight excluding hydrogens is 288 g/mol. The van der Waals surface area contributed by atoms with E-state index in [4.69, 9.17) is 9.47 Å². The number of nitrogens with zero attached hydrogens (tertiary/aromatic N) is 1. The molecule has 1 aliphatic carbocycles. The van der Waals surface area contributed by atoms with Gasteiger partial charge in [0, 0.05) is 12.1 Å². The number of non-ortho nitro benzene ring substituents is 1. The summed E-state index contributed by atoms with van der Waals surface area (Å²) in [6, 6.07) is 4.24. The van der Waals surface area contributed by atoms with Crippen LogP contribution in [0.5, 0.6) is 11.5 Å². The second kappa shape index (κ2) is 7.11. The van der Waals surface area contributed by atoms with E-state index in [0.717, 1.165) is 25.7 Å². The molecule has 1 atom stereocenters. The molecule has 2 rings (SSSR count). The topological polar surface area (TPSA) is 90.7 Å². The van der Waals surface area contributed by atoms with Crippen LogP contribution in [0.25, 0.3) is 0 Å². The lowest BCUT2D eigenvalue weighted by atomic mass is 10.2. The molecule has 1 N–H and O–H groups in total. The third-order valence-corrected chi connectivity index (χ3v) is 3.73. The molecular formula is C15H20N2O5. The van der Waals surface area contributed by atoms with Gasteiger partial charge in [-0.15, -0.1) is 0 Å². The van der Waals surface area contributed by atoms with E-state index in [9.17, 15) is 14.9 Å². The normalized spacial score (nSPS) is 16.1. The summed E-state index contributed by atoms with van der Waals surface area (Å²) in [4.78, 5) is 22.4. The maximum atomic E-state index is 12.1. The zero-order valence-electron chi connectivity index (χ0n) is 12.7. The third kappa shape index (κ3) is 3.87. The van der Waals surface area contributed by atoms with Crippen molar-refractivity contribution in [3.05, 3.63) is 28.3 Å². The summed E-state index contributed by atoms with van der Waals surface area (Å²) < 4.78 is 10.7. The Morgan fingerprint density at radius 1 is 1.36 bits per heavy atom. The van der Waals surface area contributed by atoms with Crippen LogP contribution in [0.15, 0.2) is 18.2 Å². The molecule has 1 saturated carbocycles. The molecule has 1 aromatic carbocycles. The van der Waals surface area contributed by atoms with Crippen LogP contribution in [-0.2, 0) is 4.79 Å². The molecule has 0 saturated heterocycles. The number of hydrogen-bond acceptors (Lipinski definition) is 5. The van der Waals surface area contributed by atoms with Crippen molar-refractivity contribution in [2.75, 3.05) is 7.11 Å². The van der Waals surface area contributed by atoms with Crippen molar-refractivity contribution in [1.29, 1.82) is 0 Å². The van der Waals surface area contributed by atoms with E-state index in [0.29, 0.717) is 5.75 Å². The lowest BCUT2D eigenvalue weighted by Crippen LogP contribution is -2.41. The fraction of sp³-hybridized carbons (Fsp3) is 0.533. The number of amides is 1. The highest BCUT2D eigenvalue weighted by Crippen LogP contribution is 2.32. The van der Waals surface area contributed by atoms with E-state index in [2.05, 4.69) is 5.32 Å². The standard InChI is InChI=1S/C15H20N2O5/c1-10(15(18)16-11-5-3-4-6-11)22-14-9-12(17(19)20)7-8-13(14)21-2/h7-11H,3-6H2,1-2H3,(H,16,18)/t10-/m1/s1. The Morgan fingerprint density at radius 2 is 2.05 bits per heavy atom. The monoisotopic (exact) mass is 308 g/mol. The van der Waals surface area contributed by atoms with E-state index in [-0.39, 0.29) is 23.4 Å². The molecule has 22 heavy (non-hydrogen) atoms. The summed E-state index contributed by atoms with van der Waals surface area (Å²) in [5.74, 6) is 0.317. The number of hydrogen-bond donors (Lipinski definition) is 1. The van der Waals surface area contributed by atoms with Crippen molar-refractivity contribution in [3.8, 4) is 11.5 Å². The van der Waals surface area contributed by atoms with Crippen molar-refractivity contribution in [2.45, 2.75) is 44.8 Å². The summed E-state index contributed by atoms with van der Waals surface area (Å²) in [6.07, 6.45) is 3.46. The average molecular weight is 308 g/mol. The van der Waals surface area contributed by atoms with Crippen molar-refractivity contribution < 1.29 is 19.2 Å². The van der Waals surface area contributed by atoms with Crippen molar-refractivity contribution in [3.63, 3.8) is 0 Å². The first kappa shape index (κ1) is 16.1. The lowest BCUT2D eigenvalue weighted by molar-refractivity contribution is -0.385. The predicted molar refractivity (Wildman–Crippen MR) is 80.1 cm³/mol. The van der Waals surface area contributed by atoms with Crippen LogP contribution in [0.3, 0.4) is 0 Å². The Hall–Kier alpha value is -2.31. The van der Waals surface area contributed by atoms with Crippen LogP contribution >= 0.6 is 0 Å². The molecule has 0 radical (unpaired) electrons. The predicted octanol–water partition coefficient (Wildman–Crippen LogP) is 2.43. The van der Waals surface area contributed by atoms with Gasteiger partial charge in [0.1, 0.15) is 0 Å². The van der Waals surface area contributed by atoms with Gasteiger partial charge in [-0.1, -0.05) is 12.8 Å². The molecule has 7 heteroatoms. The Bertz CT molecular complexity index is 555. The third-order valence-electron chi connectivity index (χ3n) is 3.73. The minimum absolute atomic E-state index is 0.112.